The average Bonchev–Trinajstić information content (AvgIpc) is 2.32. The Bertz CT molecular complexity index is 268. The van der Waals surface area contributed by atoms with Gasteiger partial charge in [-0.2, -0.15) is 5.10 Å². The summed E-state index contributed by atoms with van der Waals surface area (Å²) in [6.45, 7) is 0. The first kappa shape index (κ1) is 6.54. The molecule has 0 fully saturated rings. The highest BCUT2D eigenvalue weighted by molar-refractivity contribution is 6.29. The zero-order valence-electron chi connectivity index (χ0n) is 5.95. The van der Waals surface area contributed by atoms with Crippen molar-refractivity contribution < 1.29 is 0 Å². The molecule has 5 heteroatoms. The van der Waals surface area contributed by atoms with Crippen LogP contribution in [0.4, 0.5) is 0 Å². The molecule has 0 saturated carbocycles. The minimum atomic E-state index is 0.593. The lowest BCUT2D eigenvalue weighted by atomic mass is 10.4. The lowest BCUT2D eigenvalue weighted by Gasteiger charge is -2.23. The lowest BCUT2D eigenvalue weighted by Crippen LogP contribution is -2.35. The Morgan fingerprint density at radius 2 is 2.36 bits per heavy atom. The molecule has 0 unspecified atom stereocenters. The van der Waals surface area contributed by atoms with E-state index in [0.717, 1.165) is 5.82 Å². The van der Waals surface area contributed by atoms with E-state index in [4.69, 9.17) is 11.6 Å². The highest BCUT2D eigenvalue weighted by Gasteiger charge is 2.19. The van der Waals surface area contributed by atoms with E-state index in [1.165, 1.54) is 0 Å². The first-order chi connectivity index (χ1) is 5.27. The second kappa shape index (κ2) is 2.17. The molecule has 0 aromatic carbocycles. The van der Waals surface area contributed by atoms with Crippen molar-refractivity contribution in [3.63, 3.8) is 0 Å². The molecule has 1 N–H and O–H groups in total. The van der Waals surface area contributed by atoms with E-state index in [-0.39, 0.29) is 0 Å². The Hall–Kier alpha value is -1.16. The molecule has 2 rings (SSSR count). The van der Waals surface area contributed by atoms with Crippen LogP contribution in [0.1, 0.15) is 0 Å². The summed E-state index contributed by atoms with van der Waals surface area (Å²) >= 11 is 5.71. The van der Waals surface area contributed by atoms with Crippen molar-refractivity contribution in [2.45, 2.75) is 0 Å². The highest BCUT2D eigenvalue weighted by Crippen LogP contribution is 2.17. The number of hydrazine groups is 1. The van der Waals surface area contributed by atoms with Crippen molar-refractivity contribution in [2.24, 2.45) is 5.10 Å². The maximum absolute atomic E-state index is 5.71. The zero-order valence-corrected chi connectivity index (χ0v) is 6.71. The first-order valence-corrected chi connectivity index (χ1v) is 3.56. The first-order valence-electron chi connectivity index (χ1n) is 3.18. The van der Waals surface area contributed by atoms with Crippen LogP contribution in [0.3, 0.4) is 0 Å². The van der Waals surface area contributed by atoms with Gasteiger partial charge in [0.15, 0.2) is 0 Å². The van der Waals surface area contributed by atoms with Gasteiger partial charge in [0.2, 0.25) is 0 Å². The maximum Gasteiger partial charge on any atom is 0.149 e. The van der Waals surface area contributed by atoms with Gasteiger partial charge >= 0.3 is 0 Å². The molecule has 2 aliphatic rings. The van der Waals surface area contributed by atoms with Crippen LogP contribution in [0.15, 0.2) is 28.2 Å². The number of hydrazone groups is 1. The van der Waals surface area contributed by atoms with Crippen molar-refractivity contribution in [1.29, 1.82) is 0 Å². The normalized spacial score (nSPS) is 20.9. The van der Waals surface area contributed by atoms with Gasteiger partial charge in [-0.15, -0.1) is 0 Å². The van der Waals surface area contributed by atoms with E-state index in [1.807, 2.05) is 13.1 Å². The summed E-state index contributed by atoms with van der Waals surface area (Å²) in [5.41, 5.74) is 2.91. The van der Waals surface area contributed by atoms with Gasteiger partial charge in [0, 0.05) is 7.05 Å². The van der Waals surface area contributed by atoms with Gasteiger partial charge < -0.3 is 0 Å². The summed E-state index contributed by atoms with van der Waals surface area (Å²) < 4.78 is 0. The minimum Gasteiger partial charge on any atom is -0.281 e. The largest absolute Gasteiger partial charge is 0.281 e. The SMILES string of the molecule is CN1N=CN2NC(Cl)=CC=C12. The molecule has 0 saturated heterocycles. The number of halogens is 1. The van der Waals surface area contributed by atoms with Gasteiger partial charge in [0.25, 0.3) is 0 Å². The third-order valence-corrected chi connectivity index (χ3v) is 1.74. The number of fused-ring (bicyclic) bond motifs is 1. The fraction of sp³-hybridized carbons (Fsp3) is 0.167. The third-order valence-electron chi connectivity index (χ3n) is 1.52. The van der Waals surface area contributed by atoms with Gasteiger partial charge in [0.05, 0.1) is 0 Å². The lowest BCUT2D eigenvalue weighted by molar-refractivity contribution is 0.334. The summed E-state index contributed by atoms with van der Waals surface area (Å²) in [5, 5.41) is 8.13. The van der Waals surface area contributed by atoms with Gasteiger partial charge in [0.1, 0.15) is 17.3 Å². The van der Waals surface area contributed by atoms with Crippen LogP contribution in [0, 0.1) is 0 Å². The summed E-state index contributed by atoms with van der Waals surface area (Å²) in [7, 11) is 1.87. The van der Waals surface area contributed by atoms with Crippen LogP contribution in [0.25, 0.3) is 0 Å². The molecule has 2 aliphatic heterocycles. The Morgan fingerprint density at radius 3 is 3.18 bits per heavy atom. The summed E-state index contributed by atoms with van der Waals surface area (Å²) in [6.07, 6.45) is 5.35. The fourth-order valence-corrected chi connectivity index (χ4v) is 1.13. The van der Waals surface area contributed by atoms with E-state index >= 15 is 0 Å². The third kappa shape index (κ3) is 0.952. The number of hydrogen-bond acceptors (Lipinski definition) is 4. The van der Waals surface area contributed by atoms with Gasteiger partial charge in [-0.25, -0.2) is 10.0 Å². The highest BCUT2D eigenvalue weighted by atomic mass is 35.5. The summed E-state index contributed by atoms with van der Waals surface area (Å²) in [4.78, 5) is 0. The smallest absolute Gasteiger partial charge is 0.149 e. The molecule has 0 amide bonds. The molecule has 0 spiro atoms. The topological polar surface area (TPSA) is 30.9 Å². The van der Waals surface area contributed by atoms with Crippen molar-refractivity contribution in [3.8, 4) is 0 Å². The Kier molecular flexibility index (Phi) is 1.29. The van der Waals surface area contributed by atoms with Crippen LogP contribution in [0.2, 0.25) is 0 Å². The van der Waals surface area contributed by atoms with Crippen LogP contribution < -0.4 is 5.43 Å². The van der Waals surface area contributed by atoms with Crippen molar-refractivity contribution in [1.82, 2.24) is 15.4 Å². The van der Waals surface area contributed by atoms with Crippen LogP contribution >= 0.6 is 11.6 Å². The standard InChI is InChI=1S/C6H7ClN4/c1-10-6-3-2-5(7)9-11(6)4-8-10/h2-4,9H,1H3. The molecule has 0 aromatic rings. The monoisotopic (exact) mass is 170 g/mol. The number of nitrogens with one attached hydrogen (secondary N) is 1. The second-order valence-corrected chi connectivity index (χ2v) is 2.68. The van der Waals surface area contributed by atoms with E-state index in [0.29, 0.717) is 5.16 Å². The van der Waals surface area contributed by atoms with E-state index in [1.54, 1.807) is 22.4 Å². The molecule has 0 aromatic heterocycles. The van der Waals surface area contributed by atoms with Crippen LogP contribution in [-0.4, -0.2) is 23.4 Å². The average molecular weight is 171 g/mol. The number of allylic oxidation sites excluding steroid dienone is 2. The summed E-state index contributed by atoms with van der Waals surface area (Å²) in [6, 6.07) is 0. The molecule has 0 atom stereocenters. The molecule has 0 aliphatic carbocycles. The molecule has 58 valence electrons. The van der Waals surface area contributed by atoms with Crippen molar-refractivity contribution in [2.75, 3.05) is 7.05 Å². The fourth-order valence-electron chi connectivity index (χ4n) is 0.978. The van der Waals surface area contributed by atoms with E-state index in [2.05, 4.69) is 10.5 Å². The van der Waals surface area contributed by atoms with Gasteiger partial charge in [-0.05, 0) is 12.2 Å². The molecular weight excluding hydrogens is 164 g/mol. The predicted octanol–water partition coefficient (Wildman–Crippen LogP) is 0.617. The molecule has 11 heavy (non-hydrogen) atoms. The molecule has 4 nitrogen and oxygen atoms in total. The number of rotatable bonds is 0. The van der Waals surface area contributed by atoms with Gasteiger partial charge in [-0.3, -0.25) is 5.43 Å². The molecule has 0 radical (unpaired) electrons. The number of hydrogen-bond donors (Lipinski definition) is 1. The van der Waals surface area contributed by atoms with Gasteiger partial charge in [-0.1, -0.05) is 11.6 Å². The van der Waals surface area contributed by atoms with Crippen LogP contribution in [-0.2, 0) is 0 Å². The van der Waals surface area contributed by atoms with E-state index < -0.39 is 0 Å². The van der Waals surface area contributed by atoms with Crippen LogP contribution in [0.5, 0.6) is 0 Å². The Morgan fingerprint density at radius 1 is 1.55 bits per heavy atom. The van der Waals surface area contributed by atoms with Crippen molar-refractivity contribution in [3.05, 3.63) is 23.1 Å². The Balaban J connectivity index is 2.31. The Labute approximate surface area is 69.4 Å². The van der Waals surface area contributed by atoms with Crippen molar-refractivity contribution >= 4 is 17.9 Å². The number of nitrogens with zero attached hydrogens (tertiary/aromatic N) is 3. The molecule has 2 heterocycles. The quantitative estimate of drug-likeness (QED) is 0.541. The summed E-state index contributed by atoms with van der Waals surface area (Å²) in [5.74, 6) is 0.967. The molecular formula is C6H7ClN4. The second-order valence-electron chi connectivity index (χ2n) is 2.28. The zero-order chi connectivity index (χ0) is 7.84. The minimum absolute atomic E-state index is 0.593. The maximum atomic E-state index is 5.71. The van der Waals surface area contributed by atoms with E-state index in [9.17, 15) is 0 Å². The molecule has 0 bridgehead atoms. The predicted molar refractivity (Wildman–Crippen MR) is 43.2 cm³/mol.